The van der Waals surface area contributed by atoms with Gasteiger partial charge in [0.2, 0.25) is 10.0 Å². The highest BCUT2D eigenvalue weighted by atomic mass is 35.5. The zero-order valence-electron chi connectivity index (χ0n) is 19.6. The van der Waals surface area contributed by atoms with Crippen molar-refractivity contribution in [1.82, 2.24) is 4.90 Å². The smallest absolute Gasteiger partial charge is 0.229 e. The van der Waals surface area contributed by atoms with Crippen LogP contribution in [0.3, 0.4) is 0 Å². The Kier molecular flexibility index (Phi) is 13.0. The lowest BCUT2D eigenvalue weighted by Gasteiger charge is -2.36. The third-order valence-electron chi connectivity index (χ3n) is 5.34. The molecular weight excluding hydrogens is 501 g/mol. The highest BCUT2D eigenvalue weighted by Gasteiger charge is 2.20. The van der Waals surface area contributed by atoms with Gasteiger partial charge in [0, 0.05) is 51.2 Å². The van der Waals surface area contributed by atoms with Crippen LogP contribution in [0.5, 0.6) is 5.75 Å². The van der Waals surface area contributed by atoms with Crippen LogP contribution < -0.4 is 14.4 Å². The minimum Gasteiger partial charge on any atom is -0.491 e. The van der Waals surface area contributed by atoms with E-state index in [1.165, 1.54) is 5.56 Å². The number of sulfonamides is 1. The summed E-state index contributed by atoms with van der Waals surface area (Å²) in [4.78, 5) is 4.49. The summed E-state index contributed by atoms with van der Waals surface area (Å²) >= 11 is 0. The van der Waals surface area contributed by atoms with Crippen molar-refractivity contribution in [3.8, 4) is 5.75 Å². The first-order chi connectivity index (χ1) is 15.3. The summed E-state index contributed by atoms with van der Waals surface area (Å²) in [6.45, 7) is 4.88. The Bertz CT molecular complexity index is 938. The molecular formula is C23H35Cl2N3O5S. The lowest BCUT2D eigenvalue weighted by molar-refractivity contribution is 0.0663. The molecule has 1 aliphatic heterocycles. The standard InChI is InChI=1S/C23H33N3O5S.2ClH/c1-30-16-11-19-3-9-23(10-4-19)31-18-22(27)17-25-12-14-26(15-13-25)21-7-5-20(6-8-21)24-32(2,28)29;;/h3-10,22,24,27H,11-18H2,1-2H3;2*1H. The lowest BCUT2D eigenvalue weighted by atomic mass is 10.1. The molecule has 0 aliphatic carbocycles. The lowest BCUT2D eigenvalue weighted by Crippen LogP contribution is -2.49. The second-order valence-corrected chi connectivity index (χ2v) is 9.81. The zero-order valence-corrected chi connectivity index (χ0v) is 22.0. The number of nitrogens with zero attached hydrogens (tertiary/aromatic N) is 2. The van der Waals surface area contributed by atoms with E-state index in [0.29, 0.717) is 18.8 Å². The van der Waals surface area contributed by atoms with Crippen molar-refractivity contribution in [2.24, 2.45) is 0 Å². The maximum Gasteiger partial charge on any atom is 0.229 e. The van der Waals surface area contributed by atoms with Crippen LogP contribution in [0.15, 0.2) is 48.5 Å². The Labute approximate surface area is 215 Å². The van der Waals surface area contributed by atoms with Crippen molar-refractivity contribution in [3.05, 3.63) is 54.1 Å². The molecule has 0 radical (unpaired) electrons. The molecule has 0 saturated carbocycles. The largest absolute Gasteiger partial charge is 0.491 e. The predicted octanol–water partition coefficient (Wildman–Crippen LogP) is 2.65. The minimum absolute atomic E-state index is 0. The quantitative estimate of drug-likeness (QED) is 0.457. The van der Waals surface area contributed by atoms with E-state index in [1.54, 1.807) is 19.2 Å². The number of rotatable bonds is 11. The number of β-amino-alcohol motifs (C(OH)–C–C–N with tert-alkyl or cyclic N) is 1. The fourth-order valence-electron chi connectivity index (χ4n) is 3.66. The van der Waals surface area contributed by atoms with Crippen molar-refractivity contribution >= 4 is 46.2 Å². The highest BCUT2D eigenvalue weighted by Crippen LogP contribution is 2.20. The topological polar surface area (TPSA) is 91.3 Å². The van der Waals surface area contributed by atoms with Crippen molar-refractivity contribution in [2.45, 2.75) is 12.5 Å². The molecule has 0 spiro atoms. The molecule has 1 aliphatic rings. The van der Waals surface area contributed by atoms with Gasteiger partial charge in [0.05, 0.1) is 12.9 Å². The van der Waals surface area contributed by atoms with E-state index >= 15 is 0 Å². The summed E-state index contributed by atoms with van der Waals surface area (Å²) in [5.74, 6) is 0.754. The molecule has 1 heterocycles. The van der Waals surface area contributed by atoms with E-state index in [1.807, 2.05) is 36.4 Å². The number of halogens is 2. The first-order valence-corrected chi connectivity index (χ1v) is 12.7. The van der Waals surface area contributed by atoms with Gasteiger partial charge in [-0.05, 0) is 48.4 Å². The minimum atomic E-state index is -3.27. The summed E-state index contributed by atoms with van der Waals surface area (Å²) in [5.41, 5.74) is 2.81. The molecule has 1 atom stereocenters. The molecule has 0 bridgehead atoms. The van der Waals surface area contributed by atoms with E-state index < -0.39 is 16.1 Å². The molecule has 1 unspecified atom stereocenters. The number of benzene rings is 2. The van der Waals surface area contributed by atoms with Crippen LogP contribution in [-0.4, -0.2) is 83.8 Å². The summed E-state index contributed by atoms with van der Waals surface area (Å²) in [7, 11) is -1.58. The van der Waals surface area contributed by atoms with E-state index in [0.717, 1.165) is 50.3 Å². The molecule has 0 aromatic heterocycles. The zero-order chi connectivity index (χ0) is 23.0. The number of hydrogen-bond acceptors (Lipinski definition) is 7. The van der Waals surface area contributed by atoms with E-state index in [9.17, 15) is 13.5 Å². The molecule has 3 rings (SSSR count). The second kappa shape index (κ2) is 14.6. The van der Waals surface area contributed by atoms with Crippen molar-refractivity contribution in [1.29, 1.82) is 0 Å². The number of anilines is 2. The number of piperazine rings is 1. The number of nitrogens with one attached hydrogen (secondary N) is 1. The number of hydrogen-bond donors (Lipinski definition) is 2. The van der Waals surface area contributed by atoms with Crippen LogP contribution in [0.1, 0.15) is 5.56 Å². The maximum absolute atomic E-state index is 11.3. The fraction of sp³-hybridized carbons (Fsp3) is 0.478. The van der Waals surface area contributed by atoms with Crippen LogP contribution in [0.2, 0.25) is 0 Å². The van der Waals surface area contributed by atoms with Gasteiger partial charge >= 0.3 is 0 Å². The second-order valence-electron chi connectivity index (χ2n) is 8.06. The Hall–Kier alpha value is -1.75. The van der Waals surface area contributed by atoms with Gasteiger partial charge in [-0.25, -0.2) is 8.42 Å². The first-order valence-electron chi connectivity index (χ1n) is 10.8. The number of aliphatic hydroxyl groups excluding tert-OH is 1. The normalized spacial score (nSPS) is 15.1. The summed E-state index contributed by atoms with van der Waals surface area (Å²) < 4.78 is 35.9. The molecule has 1 saturated heterocycles. The van der Waals surface area contributed by atoms with Gasteiger partial charge in [-0.2, -0.15) is 0 Å². The Morgan fingerprint density at radius 1 is 1.00 bits per heavy atom. The highest BCUT2D eigenvalue weighted by molar-refractivity contribution is 7.92. The van der Waals surface area contributed by atoms with E-state index in [2.05, 4.69) is 14.5 Å². The average Bonchev–Trinajstić information content (AvgIpc) is 2.77. The molecule has 2 aromatic rings. The van der Waals surface area contributed by atoms with Crippen LogP contribution in [0.25, 0.3) is 0 Å². The number of ether oxygens (including phenoxy) is 2. The van der Waals surface area contributed by atoms with Gasteiger partial charge in [-0.3, -0.25) is 9.62 Å². The third kappa shape index (κ3) is 10.2. The predicted molar refractivity (Wildman–Crippen MR) is 142 cm³/mol. The van der Waals surface area contributed by atoms with Crippen molar-refractivity contribution < 1.29 is 23.0 Å². The van der Waals surface area contributed by atoms with Crippen LogP contribution in [0, 0.1) is 0 Å². The van der Waals surface area contributed by atoms with Gasteiger partial charge in [-0.15, -0.1) is 24.8 Å². The van der Waals surface area contributed by atoms with Crippen molar-refractivity contribution in [3.63, 3.8) is 0 Å². The van der Waals surface area contributed by atoms with E-state index in [4.69, 9.17) is 9.47 Å². The SMILES string of the molecule is COCCc1ccc(OCC(O)CN2CCN(c3ccc(NS(C)(=O)=O)cc3)CC2)cc1.Cl.Cl. The summed E-state index contributed by atoms with van der Waals surface area (Å²) in [5, 5.41) is 10.4. The third-order valence-corrected chi connectivity index (χ3v) is 5.94. The molecule has 192 valence electrons. The molecule has 2 aromatic carbocycles. The Balaban J connectivity index is 0.00000289. The molecule has 11 heteroatoms. The van der Waals surface area contributed by atoms with Crippen LogP contribution in [0.4, 0.5) is 11.4 Å². The van der Waals surface area contributed by atoms with E-state index in [-0.39, 0.29) is 31.4 Å². The van der Waals surface area contributed by atoms with Gasteiger partial charge in [-0.1, -0.05) is 12.1 Å². The fourth-order valence-corrected chi connectivity index (χ4v) is 4.22. The Morgan fingerprint density at radius 2 is 1.62 bits per heavy atom. The Morgan fingerprint density at radius 3 is 2.18 bits per heavy atom. The maximum atomic E-state index is 11.3. The number of aliphatic hydroxyl groups is 1. The van der Waals surface area contributed by atoms with Crippen molar-refractivity contribution in [2.75, 3.05) is 68.9 Å². The van der Waals surface area contributed by atoms with Gasteiger partial charge in [0.25, 0.3) is 0 Å². The van der Waals surface area contributed by atoms with Gasteiger partial charge in [0.1, 0.15) is 18.5 Å². The van der Waals surface area contributed by atoms with Crippen LogP contribution in [-0.2, 0) is 21.2 Å². The molecule has 1 fully saturated rings. The number of methoxy groups -OCH3 is 1. The monoisotopic (exact) mass is 535 g/mol. The average molecular weight is 537 g/mol. The molecule has 34 heavy (non-hydrogen) atoms. The summed E-state index contributed by atoms with van der Waals surface area (Å²) in [6, 6.07) is 15.3. The van der Waals surface area contributed by atoms with Gasteiger partial charge in [0.15, 0.2) is 0 Å². The molecule has 2 N–H and O–H groups in total. The first kappa shape index (κ1) is 30.3. The molecule has 8 nitrogen and oxygen atoms in total. The molecule has 0 amide bonds. The summed E-state index contributed by atoms with van der Waals surface area (Å²) in [6.07, 6.45) is 1.45. The van der Waals surface area contributed by atoms with Gasteiger partial charge < -0.3 is 19.5 Å². The van der Waals surface area contributed by atoms with Crippen LogP contribution >= 0.6 is 24.8 Å².